The van der Waals surface area contributed by atoms with Crippen LogP contribution in [0.4, 0.5) is 4.39 Å². The van der Waals surface area contributed by atoms with Gasteiger partial charge in [0.1, 0.15) is 11.4 Å². The molecule has 106 valence electrons. The number of carboxylic acids is 1. The van der Waals surface area contributed by atoms with E-state index in [9.17, 15) is 14.3 Å². The molecule has 2 unspecified atom stereocenters. The Balaban J connectivity index is 2.65. The Kier molecular flexibility index (Phi) is 5.48. The van der Waals surface area contributed by atoms with Crippen LogP contribution in [0.3, 0.4) is 0 Å². The molecule has 0 aliphatic rings. The van der Waals surface area contributed by atoms with Crippen molar-refractivity contribution in [1.82, 2.24) is 5.32 Å². The average molecular weight is 267 g/mol. The van der Waals surface area contributed by atoms with Crippen LogP contribution in [0.1, 0.15) is 39.2 Å². The second-order valence-corrected chi connectivity index (χ2v) is 5.26. The molecule has 0 aromatic heterocycles. The number of nitrogens with one attached hydrogen (secondary N) is 1. The van der Waals surface area contributed by atoms with Crippen LogP contribution >= 0.6 is 0 Å². The normalized spacial score (nSPS) is 15.8. The van der Waals surface area contributed by atoms with E-state index < -0.39 is 11.5 Å². The first-order chi connectivity index (χ1) is 8.87. The maximum Gasteiger partial charge on any atom is 0.323 e. The zero-order chi connectivity index (χ0) is 14.5. The number of carbonyl (C=O) groups is 1. The Morgan fingerprint density at radius 2 is 2.00 bits per heavy atom. The number of aliphatic carboxylic acids is 1. The fourth-order valence-electron chi connectivity index (χ4n) is 2.31. The summed E-state index contributed by atoms with van der Waals surface area (Å²) in [6.07, 6.45) is 2.06. The summed E-state index contributed by atoms with van der Waals surface area (Å²) in [5, 5.41) is 12.5. The summed E-state index contributed by atoms with van der Waals surface area (Å²) >= 11 is 0. The highest BCUT2D eigenvalue weighted by atomic mass is 19.1. The average Bonchev–Trinajstić information content (AvgIpc) is 2.32. The van der Waals surface area contributed by atoms with Crippen molar-refractivity contribution in [3.63, 3.8) is 0 Å². The third-order valence-electron chi connectivity index (χ3n) is 3.24. The zero-order valence-corrected chi connectivity index (χ0v) is 11.7. The van der Waals surface area contributed by atoms with Crippen molar-refractivity contribution in [2.24, 2.45) is 0 Å². The van der Waals surface area contributed by atoms with Crippen molar-refractivity contribution >= 4 is 5.97 Å². The molecule has 2 atom stereocenters. The van der Waals surface area contributed by atoms with Crippen molar-refractivity contribution < 1.29 is 14.3 Å². The van der Waals surface area contributed by atoms with E-state index in [1.807, 2.05) is 13.8 Å². The van der Waals surface area contributed by atoms with Gasteiger partial charge < -0.3 is 5.11 Å². The summed E-state index contributed by atoms with van der Waals surface area (Å²) < 4.78 is 12.8. The van der Waals surface area contributed by atoms with Gasteiger partial charge in [0, 0.05) is 6.04 Å². The summed E-state index contributed by atoms with van der Waals surface area (Å²) in [5.41, 5.74) is 0.0828. The highest BCUT2D eigenvalue weighted by Gasteiger charge is 2.32. The lowest BCUT2D eigenvalue weighted by Crippen LogP contribution is -2.53. The lowest BCUT2D eigenvalue weighted by Gasteiger charge is -2.30. The summed E-state index contributed by atoms with van der Waals surface area (Å²) in [4.78, 5) is 11.3. The Morgan fingerprint density at radius 1 is 1.42 bits per heavy atom. The van der Waals surface area contributed by atoms with E-state index in [2.05, 4.69) is 5.32 Å². The van der Waals surface area contributed by atoms with Crippen LogP contribution in [-0.2, 0) is 11.2 Å². The van der Waals surface area contributed by atoms with Gasteiger partial charge in [-0.15, -0.1) is 0 Å². The molecule has 0 saturated heterocycles. The number of hydrogen-bond acceptors (Lipinski definition) is 2. The van der Waals surface area contributed by atoms with E-state index in [-0.39, 0.29) is 11.9 Å². The van der Waals surface area contributed by atoms with Crippen LogP contribution in [-0.4, -0.2) is 22.7 Å². The maximum absolute atomic E-state index is 12.8. The summed E-state index contributed by atoms with van der Waals surface area (Å²) in [7, 11) is 0. The van der Waals surface area contributed by atoms with Gasteiger partial charge in [-0.2, -0.15) is 0 Å². The van der Waals surface area contributed by atoms with Gasteiger partial charge in [0.05, 0.1) is 0 Å². The molecule has 0 heterocycles. The molecule has 0 fully saturated rings. The van der Waals surface area contributed by atoms with Crippen molar-refractivity contribution in [2.45, 2.75) is 51.6 Å². The first kappa shape index (κ1) is 15.6. The van der Waals surface area contributed by atoms with Crippen molar-refractivity contribution in [1.29, 1.82) is 0 Å². The Bertz CT molecular complexity index is 419. The highest BCUT2D eigenvalue weighted by Crippen LogP contribution is 2.15. The number of benzene rings is 1. The molecule has 0 amide bonds. The second-order valence-electron chi connectivity index (χ2n) is 5.26. The van der Waals surface area contributed by atoms with E-state index in [4.69, 9.17) is 0 Å². The van der Waals surface area contributed by atoms with Crippen LogP contribution in [0.2, 0.25) is 0 Å². The van der Waals surface area contributed by atoms with Gasteiger partial charge in [0.2, 0.25) is 0 Å². The molecule has 0 saturated carbocycles. The van der Waals surface area contributed by atoms with Gasteiger partial charge in [-0.1, -0.05) is 25.5 Å². The standard InChI is InChI=1S/C15H22FNO2/c1-4-9-15(3,14(18)19)17-11(2)10-12-5-7-13(16)8-6-12/h5-8,11,17H,4,9-10H2,1-3H3,(H,18,19). The largest absolute Gasteiger partial charge is 0.480 e. The monoisotopic (exact) mass is 267 g/mol. The summed E-state index contributed by atoms with van der Waals surface area (Å²) in [6.45, 7) is 5.62. The summed E-state index contributed by atoms with van der Waals surface area (Å²) in [6, 6.07) is 6.31. The van der Waals surface area contributed by atoms with Crippen LogP contribution in [0.5, 0.6) is 0 Å². The van der Waals surface area contributed by atoms with Crippen molar-refractivity contribution in [3.8, 4) is 0 Å². The third kappa shape index (κ3) is 4.63. The molecule has 1 rings (SSSR count). The Labute approximate surface area is 113 Å². The highest BCUT2D eigenvalue weighted by molar-refractivity contribution is 5.78. The Hall–Kier alpha value is -1.42. The van der Waals surface area contributed by atoms with E-state index in [1.165, 1.54) is 12.1 Å². The van der Waals surface area contributed by atoms with Crippen LogP contribution in [0.15, 0.2) is 24.3 Å². The topological polar surface area (TPSA) is 49.3 Å². The number of carboxylic acid groups (broad SMARTS) is 1. The van der Waals surface area contributed by atoms with E-state index >= 15 is 0 Å². The molecule has 1 aromatic rings. The third-order valence-corrected chi connectivity index (χ3v) is 3.24. The van der Waals surface area contributed by atoms with Crippen molar-refractivity contribution in [3.05, 3.63) is 35.6 Å². The van der Waals surface area contributed by atoms with Gasteiger partial charge in [-0.25, -0.2) is 4.39 Å². The first-order valence-corrected chi connectivity index (χ1v) is 6.63. The quantitative estimate of drug-likeness (QED) is 0.798. The predicted octanol–water partition coefficient (Wildman–Crippen LogP) is 2.99. The predicted molar refractivity (Wildman–Crippen MR) is 73.7 cm³/mol. The van der Waals surface area contributed by atoms with Gasteiger partial charge in [-0.3, -0.25) is 10.1 Å². The lowest BCUT2D eigenvalue weighted by atomic mass is 9.94. The summed E-state index contributed by atoms with van der Waals surface area (Å²) in [5.74, 6) is -1.09. The second kappa shape index (κ2) is 6.66. The molecule has 0 aliphatic heterocycles. The van der Waals surface area contributed by atoms with E-state index in [0.717, 1.165) is 12.0 Å². The zero-order valence-electron chi connectivity index (χ0n) is 11.7. The fraction of sp³-hybridized carbons (Fsp3) is 0.533. The van der Waals surface area contributed by atoms with Gasteiger partial charge >= 0.3 is 5.97 Å². The molecule has 0 aliphatic carbocycles. The minimum atomic E-state index is -0.909. The molecular formula is C15H22FNO2. The number of halogens is 1. The molecule has 0 radical (unpaired) electrons. The maximum atomic E-state index is 12.8. The molecule has 0 spiro atoms. The van der Waals surface area contributed by atoms with E-state index in [1.54, 1.807) is 19.1 Å². The fourth-order valence-corrected chi connectivity index (χ4v) is 2.31. The SMILES string of the molecule is CCCC(C)(NC(C)Cc1ccc(F)cc1)C(=O)O. The van der Waals surface area contributed by atoms with Gasteiger partial charge in [0.25, 0.3) is 0 Å². The number of rotatable bonds is 7. The lowest BCUT2D eigenvalue weighted by molar-refractivity contribution is -0.144. The molecular weight excluding hydrogens is 245 g/mol. The number of hydrogen-bond donors (Lipinski definition) is 2. The van der Waals surface area contributed by atoms with Crippen LogP contribution in [0.25, 0.3) is 0 Å². The minimum Gasteiger partial charge on any atom is -0.480 e. The van der Waals surface area contributed by atoms with Crippen molar-refractivity contribution in [2.75, 3.05) is 0 Å². The van der Waals surface area contributed by atoms with Gasteiger partial charge in [0.15, 0.2) is 0 Å². The molecule has 2 N–H and O–H groups in total. The first-order valence-electron chi connectivity index (χ1n) is 6.63. The molecule has 3 nitrogen and oxygen atoms in total. The molecule has 19 heavy (non-hydrogen) atoms. The molecule has 1 aromatic carbocycles. The molecule has 0 bridgehead atoms. The molecule has 4 heteroatoms. The van der Waals surface area contributed by atoms with Gasteiger partial charge in [-0.05, 0) is 44.4 Å². The Morgan fingerprint density at radius 3 is 2.47 bits per heavy atom. The van der Waals surface area contributed by atoms with Crippen LogP contribution in [0, 0.1) is 5.82 Å². The minimum absolute atomic E-state index is 0.0121. The van der Waals surface area contributed by atoms with E-state index in [0.29, 0.717) is 12.8 Å². The smallest absolute Gasteiger partial charge is 0.323 e. The van der Waals surface area contributed by atoms with Crippen LogP contribution < -0.4 is 5.32 Å².